The van der Waals surface area contributed by atoms with Crippen LogP contribution in [0.3, 0.4) is 0 Å². The molecule has 3 N–H and O–H groups in total. The number of hydrogen-bond acceptors (Lipinski definition) is 5. The molecule has 0 aromatic heterocycles. The lowest BCUT2D eigenvalue weighted by atomic mass is 10.1. The summed E-state index contributed by atoms with van der Waals surface area (Å²) in [6.45, 7) is 2.63. The summed E-state index contributed by atoms with van der Waals surface area (Å²) in [7, 11) is 0. The van der Waals surface area contributed by atoms with E-state index in [4.69, 9.17) is 9.84 Å². The van der Waals surface area contributed by atoms with Crippen molar-refractivity contribution in [2.75, 3.05) is 23.7 Å². The number of nitrogens with one attached hydrogen (secondary N) is 2. The lowest BCUT2D eigenvalue weighted by Gasteiger charge is -2.33. The number of rotatable bonds is 9. The van der Waals surface area contributed by atoms with E-state index in [1.54, 1.807) is 30.3 Å². The number of Topliss-reactive ketones (excluding diaryl/α,β-unsaturated/α-hetero) is 1. The van der Waals surface area contributed by atoms with E-state index < -0.39 is 23.8 Å². The number of urea groups is 1. The summed E-state index contributed by atoms with van der Waals surface area (Å²) in [5, 5.41) is 14.6. The zero-order valence-corrected chi connectivity index (χ0v) is 20.4. The average molecular weight is 506 g/mol. The van der Waals surface area contributed by atoms with Gasteiger partial charge in [0, 0.05) is 30.9 Å². The predicted octanol–water partition coefficient (Wildman–Crippen LogP) is 5.25. The molecule has 1 aliphatic rings. The maximum absolute atomic E-state index is 16.2. The van der Waals surface area contributed by atoms with Crippen molar-refractivity contribution in [3.05, 3.63) is 89.5 Å². The Hall–Kier alpha value is -4.24. The molecule has 9 heteroatoms. The minimum Gasteiger partial charge on any atom is -0.478 e. The fraction of sp³-hybridized carbons (Fsp3) is 0.250. The van der Waals surface area contributed by atoms with Crippen molar-refractivity contribution < 1.29 is 28.6 Å². The van der Waals surface area contributed by atoms with Gasteiger partial charge in [-0.3, -0.25) is 4.79 Å². The van der Waals surface area contributed by atoms with Gasteiger partial charge in [0.25, 0.3) is 0 Å². The number of carboxylic acid groups (broad SMARTS) is 1. The quantitative estimate of drug-likeness (QED) is 0.343. The molecule has 1 unspecified atom stereocenters. The van der Waals surface area contributed by atoms with Crippen molar-refractivity contribution in [2.45, 2.75) is 32.2 Å². The van der Waals surface area contributed by atoms with E-state index in [2.05, 4.69) is 10.6 Å². The van der Waals surface area contributed by atoms with E-state index in [-0.39, 0.29) is 17.7 Å². The largest absolute Gasteiger partial charge is 0.478 e. The number of halogens is 1. The Bertz CT molecular complexity index is 1270. The Morgan fingerprint density at radius 2 is 1.59 bits per heavy atom. The van der Waals surface area contributed by atoms with Gasteiger partial charge >= 0.3 is 18.0 Å². The molecule has 0 aliphatic carbocycles. The molecule has 192 valence electrons. The summed E-state index contributed by atoms with van der Waals surface area (Å²) in [5.74, 6) is -4.51. The Kier molecular flexibility index (Phi) is 7.83. The molecule has 1 heterocycles. The standard InChI is InChI=1S/C28H28FN3O5/c1-19-6-2-3-7-24(19)31-27(36)30-22-12-8-20(9-13-22)18-25(33)28(29,32-16-4-5-17-32)37-23-14-10-21(11-15-23)26(34)35/h2-3,6-15H,4-5,16-18H2,1H3,(H,34,35)(H2,30,31,36). The molecule has 1 fully saturated rings. The Morgan fingerprint density at radius 3 is 2.22 bits per heavy atom. The fourth-order valence-corrected chi connectivity index (χ4v) is 4.12. The van der Waals surface area contributed by atoms with Gasteiger partial charge in [-0.05, 0) is 73.4 Å². The van der Waals surface area contributed by atoms with Gasteiger partial charge in [0.05, 0.1) is 5.56 Å². The minimum absolute atomic E-state index is 0.0330. The highest BCUT2D eigenvalue weighted by atomic mass is 19.2. The number of aromatic carboxylic acids is 1. The monoisotopic (exact) mass is 505 g/mol. The van der Waals surface area contributed by atoms with Crippen LogP contribution in [0.2, 0.25) is 0 Å². The summed E-state index contributed by atoms with van der Waals surface area (Å²) >= 11 is 0. The number of anilines is 2. The van der Waals surface area contributed by atoms with E-state index in [0.29, 0.717) is 30.0 Å². The molecule has 4 rings (SSSR count). The van der Waals surface area contributed by atoms with E-state index >= 15 is 4.39 Å². The van der Waals surface area contributed by atoms with Crippen LogP contribution in [0, 0.1) is 6.92 Å². The van der Waals surface area contributed by atoms with Crippen LogP contribution in [0.25, 0.3) is 0 Å². The SMILES string of the molecule is Cc1ccccc1NC(=O)Nc1ccc(CC(=O)C(F)(Oc2ccc(C(=O)O)cc2)N2CCCC2)cc1. The number of alkyl halides is 1. The summed E-state index contributed by atoms with van der Waals surface area (Å²) in [5.41, 5.74) is 2.73. The van der Waals surface area contributed by atoms with Gasteiger partial charge in [-0.2, -0.15) is 4.39 Å². The predicted molar refractivity (Wildman–Crippen MR) is 138 cm³/mol. The van der Waals surface area contributed by atoms with Crippen molar-refractivity contribution in [3.8, 4) is 5.75 Å². The number of hydrogen-bond donors (Lipinski definition) is 3. The number of carbonyl (C=O) groups excluding carboxylic acids is 2. The van der Waals surface area contributed by atoms with Crippen LogP contribution >= 0.6 is 0 Å². The number of ether oxygens (including phenoxy) is 1. The molecule has 0 spiro atoms. The van der Waals surface area contributed by atoms with Crippen LogP contribution in [-0.4, -0.2) is 46.9 Å². The van der Waals surface area contributed by atoms with Gasteiger partial charge in [-0.15, -0.1) is 0 Å². The second kappa shape index (κ2) is 11.2. The highest BCUT2D eigenvalue weighted by Crippen LogP contribution is 2.30. The van der Waals surface area contributed by atoms with E-state index in [1.165, 1.54) is 29.2 Å². The van der Waals surface area contributed by atoms with Gasteiger partial charge < -0.3 is 20.5 Å². The van der Waals surface area contributed by atoms with Crippen LogP contribution in [-0.2, 0) is 11.2 Å². The third-order valence-corrected chi connectivity index (χ3v) is 6.18. The number of nitrogens with zero attached hydrogens (tertiary/aromatic N) is 1. The van der Waals surface area contributed by atoms with Gasteiger partial charge in [-0.1, -0.05) is 30.3 Å². The van der Waals surface area contributed by atoms with Crippen LogP contribution in [0.5, 0.6) is 5.75 Å². The first kappa shape index (κ1) is 25.8. The molecule has 1 atom stereocenters. The normalized spacial score (nSPS) is 15.0. The van der Waals surface area contributed by atoms with E-state index in [9.17, 15) is 14.4 Å². The summed E-state index contributed by atoms with van der Waals surface area (Å²) in [4.78, 5) is 38.0. The lowest BCUT2D eigenvalue weighted by molar-refractivity contribution is -0.191. The summed E-state index contributed by atoms with van der Waals surface area (Å²) in [6, 6.07) is 18.8. The number of carbonyl (C=O) groups is 3. The first-order valence-corrected chi connectivity index (χ1v) is 12.0. The Labute approximate surface area is 214 Å². The van der Waals surface area contributed by atoms with Crippen molar-refractivity contribution >= 4 is 29.2 Å². The molecule has 2 amide bonds. The third kappa shape index (κ3) is 6.31. The first-order chi connectivity index (χ1) is 17.7. The van der Waals surface area contributed by atoms with Crippen LogP contribution in [0.4, 0.5) is 20.6 Å². The van der Waals surface area contributed by atoms with E-state index in [0.717, 1.165) is 18.4 Å². The van der Waals surface area contributed by atoms with Gasteiger partial charge in [0.1, 0.15) is 5.75 Å². The highest BCUT2D eigenvalue weighted by molar-refractivity contribution is 6.00. The molecule has 0 saturated carbocycles. The number of ketones is 1. The van der Waals surface area contributed by atoms with Crippen molar-refractivity contribution in [1.29, 1.82) is 0 Å². The molecule has 3 aromatic carbocycles. The second-order valence-electron chi connectivity index (χ2n) is 8.88. The Balaban J connectivity index is 1.42. The number of para-hydroxylation sites is 1. The zero-order valence-electron chi connectivity index (χ0n) is 20.4. The van der Waals surface area contributed by atoms with Crippen molar-refractivity contribution in [2.24, 2.45) is 0 Å². The van der Waals surface area contributed by atoms with Gasteiger partial charge in [0.2, 0.25) is 5.78 Å². The van der Waals surface area contributed by atoms with Crippen LogP contribution in [0.1, 0.15) is 34.3 Å². The molecule has 0 bridgehead atoms. The fourth-order valence-electron chi connectivity index (χ4n) is 4.12. The molecule has 3 aromatic rings. The van der Waals surface area contributed by atoms with Crippen molar-refractivity contribution in [1.82, 2.24) is 4.90 Å². The summed E-state index contributed by atoms with van der Waals surface area (Å²) < 4.78 is 21.7. The maximum Gasteiger partial charge on any atom is 0.371 e. The molecular formula is C28H28FN3O5. The number of amides is 2. The molecule has 8 nitrogen and oxygen atoms in total. The topological polar surface area (TPSA) is 108 Å². The van der Waals surface area contributed by atoms with Gasteiger partial charge in [0.15, 0.2) is 0 Å². The van der Waals surface area contributed by atoms with E-state index in [1.807, 2.05) is 25.1 Å². The molecule has 1 aliphatic heterocycles. The first-order valence-electron chi connectivity index (χ1n) is 12.0. The molecular weight excluding hydrogens is 477 g/mol. The third-order valence-electron chi connectivity index (χ3n) is 6.18. The number of carboxylic acids is 1. The highest BCUT2D eigenvalue weighted by Gasteiger charge is 2.48. The molecule has 1 saturated heterocycles. The van der Waals surface area contributed by atoms with Gasteiger partial charge in [-0.25, -0.2) is 14.5 Å². The number of likely N-dealkylation sites (tertiary alicyclic amines) is 1. The second-order valence-corrected chi connectivity index (χ2v) is 8.88. The molecule has 37 heavy (non-hydrogen) atoms. The lowest BCUT2D eigenvalue weighted by Crippen LogP contribution is -2.55. The number of aryl methyl sites for hydroxylation is 1. The Morgan fingerprint density at radius 1 is 0.946 bits per heavy atom. The number of benzene rings is 3. The summed E-state index contributed by atoms with van der Waals surface area (Å²) in [6.07, 6.45) is 1.26. The van der Waals surface area contributed by atoms with Crippen molar-refractivity contribution in [3.63, 3.8) is 0 Å². The van der Waals surface area contributed by atoms with Crippen LogP contribution < -0.4 is 15.4 Å². The smallest absolute Gasteiger partial charge is 0.371 e. The maximum atomic E-state index is 16.2. The zero-order chi connectivity index (χ0) is 26.4. The average Bonchev–Trinajstić information content (AvgIpc) is 3.43. The minimum atomic E-state index is -2.69. The molecule has 0 radical (unpaired) electrons. The van der Waals surface area contributed by atoms with Crippen LogP contribution in [0.15, 0.2) is 72.8 Å².